The van der Waals surface area contributed by atoms with E-state index in [1.807, 2.05) is 34.1 Å². The first-order valence-electron chi connectivity index (χ1n) is 8.59. The van der Waals surface area contributed by atoms with E-state index in [0.717, 1.165) is 43.8 Å². The minimum atomic E-state index is -0.206. The van der Waals surface area contributed by atoms with Crippen molar-refractivity contribution < 1.29 is 14.3 Å². The number of hydrogen-bond donors (Lipinski definition) is 0. The zero-order chi connectivity index (χ0) is 16.9. The third kappa shape index (κ3) is 4.20. The summed E-state index contributed by atoms with van der Waals surface area (Å²) in [6.07, 6.45) is 3.79. The average Bonchev–Trinajstić information content (AvgIpc) is 3.03. The molecule has 5 nitrogen and oxygen atoms in total. The van der Waals surface area contributed by atoms with Crippen LogP contribution in [-0.4, -0.2) is 54.1 Å². The monoisotopic (exact) mass is 350 g/mol. The van der Waals surface area contributed by atoms with Gasteiger partial charge in [0.05, 0.1) is 6.54 Å². The molecule has 0 atom stereocenters. The predicted octanol–water partition coefficient (Wildman–Crippen LogP) is 3.11. The number of nitrogens with zero attached hydrogens (tertiary/aromatic N) is 2. The maximum atomic E-state index is 12.3. The number of piperidine rings is 1. The van der Waals surface area contributed by atoms with Gasteiger partial charge in [-0.25, -0.2) is 4.79 Å². The molecule has 1 aromatic carbocycles. The van der Waals surface area contributed by atoms with E-state index < -0.39 is 0 Å². The maximum absolute atomic E-state index is 12.3. The van der Waals surface area contributed by atoms with Gasteiger partial charge >= 0.3 is 6.09 Å². The number of aryl methyl sites for hydroxylation is 1. The van der Waals surface area contributed by atoms with E-state index in [1.54, 1.807) is 0 Å². The Labute approximate surface area is 147 Å². The predicted molar refractivity (Wildman–Crippen MR) is 92.0 cm³/mol. The highest BCUT2D eigenvalue weighted by Crippen LogP contribution is 2.21. The van der Waals surface area contributed by atoms with Crippen molar-refractivity contribution in [1.82, 2.24) is 9.80 Å². The zero-order valence-corrected chi connectivity index (χ0v) is 14.5. The lowest BCUT2D eigenvalue weighted by molar-refractivity contribution is -0.132. The minimum absolute atomic E-state index is 0.206. The fourth-order valence-electron chi connectivity index (χ4n) is 3.42. The molecule has 2 aliphatic heterocycles. The van der Waals surface area contributed by atoms with Gasteiger partial charge in [-0.2, -0.15) is 0 Å². The second-order valence-electron chi connectivity index (χ2n) is 6.40. The number of carbonyl (C=O) groups excluding carboxylic acids is 2. The van der Waals surface area contributed by atoms with Crippen molar-refractivity contribution in [2.75, 3.05) is 26.2 Å². The lowest BCUT2D eigenvalue weighted by Gasteiger charge is -2.35. The van der Waals surface area contributed by atoms with Crippen molar-refractivity contribution in [3.05, 3.63) is 34.9 Å². The van der Waals surface area contributed by atoms with Crippen LogP contribution >= 0.6 is 11.6 Å². The van der Waals surface area contributed by atoms with Gasteiger partial charge in [-0.05, 0) is 43.4 Å². The zero-order valence-electron chi connectivity index (χ0n) is 13.7. The lowest BCUT2D eigenvalue weighted by Crippen LogP contribution is -2.47. The van der Waals surface area contributed by atoms with Gasteiger partial charge in [0.2, 0.25) is 5.91 Å². The van der Waals surface area contributed by atoms with Crippen molar-refractivity contribution in [3.8, 4) is 0 Å². The molecule has 24 heavy (non-hydrogen) atoms. The number of likely N-dealkylation sites (tertiary alicyclic amines) is 1. The molecule has 2 aliphatic rings. The topological polar surface area (TPSA) is 49.9 Å². The van der Waals surface area contributed by atoms with E-state index in [4.69, 9.17) is 16.3 Å². The third-order valence-electron chi connectivity index (χ3n) is 4.82. The summed E-state index contributed by atoms with van der Waals surface area (Å²) in [5, 5.41) is 0.736. The van der Waals surface area contributed by atoms with Crippen molar-refractivity contribution >= 4 is 23.6 Å². The van der Waals surface area contributed by atoms with E-state index in [2.05, 4.69) is 0 Å². The Hall–Kier alpha value is -1.75. The Balaban J connectivity index is 1.39. The van der Waals surface area contributed by atoms with Gasteiger partial charge in [-0.1, -0.05) is 23.7 Å². The van der Waals surface area contributed by atoms with Crippen molar-refractivity contribution in [2.24, 2.45) is 0 Å². The summed E-state index contributed by atoms with van der Waals surface area (Å²) >= 11 is 5.87. The number of cyclic esters (lactones) is 1. The summed E-state index contributed by atoms with van der Waals surface area (Å²) in [7, 11) is 0. The van der Waals surface area contributed by atoms with E-state index in [1.165, 1.54) is 5.56 Å². The van der Waals surface area contributed by atoms with Crippen molar-refractivity contribution in [1.29, 1.82) is 0 Å². The standard InChI is InChI=1S/C18H23ClN2O3/c19-15-6-4-14(5-7-15)2-1-3-17(22)20-10-8-16(9-11-20)21-12-13-24-18(21)23/h4-7,16H,1-3,8-13H2. The molecule has 0 saturated carbocycles. The Morgan fingerprint density at radius 3 is 2.50 bits per heavy atom. The van der Waals surface area contributed by atoms with Crippen LogP contribution in [-0.2, 0) is 16.0 Å². The molecule has 0 unspecified atom stereocenters. The summed E-state index contributed by atoms with van der Waals surface area (Å²) in [6, 6.07) is 8.00. The normalized spacial score (nSPS) is 18.8. The Kier molecular flexibility index (Phi) is 5.61. The number of carbonyl (C=O) groups is 2. The Bertz CT molecular complexity index is 582. The number of benzene rings is 1. The molecule has 2 saturated heterocycles. The van der Waals surface area contributed by atoms with E-state index in [-0.39, 0.29) is 18.0 Å². The highest BCUT2D eigenvalue weighted by Gasteiger charge is 2.32. The molecule has 2 fully saturated rings. The van der Waals surface area contributed by atoms with Crippen LogP contribution in [0.25, 0.3) is 0 Å². The SMILES string of the molecule is O=C(CCCc1ccc(Cl)cc1)N1CCC(N2CCOC2=O)CC1. The molecule has 2 amide bonds. The molecule has 0 radical (unpaired) electrons. The molecule has 0 spiro atoms. The highest BCUT2D eigenvalue weighted by atomic mass is 35.5. The molecule has 1 aromatic rings. The first-order chi connectivity index (χ1) is 11.6. The fourth-order valence-corrected chi connectivity index (χ4v) is 3.54. The molecular formula is C18H23ClN2O3. The van der Waals surface area contributed by atoms with Crippen molar-refractivity contribution in [2.45, 2.75) is 38.1 Å². The largest absolute Gasteiger partial charge is 0.448 e. The van der Waals surface area contributed by atoms with Crippen LogP contribution in [0.2, 0.25) is 5.02 Å². The van der Waals surface area contributed by atoms with Gasteiger partial charge in [-0.15, -0.1) is 0 Å². The second kappa shape index (κ2) is 7.88. The van der Waals surface area contributed by atoms with Gasteiger partial charge in [0.1, 0.15) is 6.61 Å². The molecular weight excluding hydrogens is 328 g/mol. The summed E-state index contributed by atoms with van der Waals surface area (Å²) in [5.74, 6) is 0.214. The first kappa shape index (κ1) is 17.1. The minimum Gasteiger partial charge on any atom is -0.448 e. The smallest absolute Gasteiger partial charge is 0.410 e. The van der Waals surface area contributed by atoms with Gasteiger partial charge in [-0.3, -0.25) is 4.79 Å². The van der Waals surface area contributed by atoms with E-state index >= 15 is 0 Å². The molecule has 0 bridgehead atoms. The van der Waals surface area contributed by atoms with Crippen LogP contribution in [0.3, 0.4) is 0 Å². The van der Waals surface area contributed by atoms with Gasteiger partial charge in [0.15, 0.2) is 0 Å². The molecule has 0 aromatic heterocycles. The average molecular weight is 351 g/mol. The molecule has 0 N–H and O–H groups in total. The molecule has 0 aliphatic carbocycles. The lowest BCUT2D eigenvalue weighted by atomic mass is 10.0. The van der Waals surface area contributed by atoms with Crippen LogP contribution in [0.15, 0.2) is 24.3 Å². The first-order valence-corrected chi connectivity index (χ1v) is 8.97. The van der Waals surface area contributed by atoms with Gasteiger partial charge in [0, 0.05) is 30.6 Å². The van der Waals surface area contributed by atoms with Crippen LogP contribution in [0.4, 0.5) is 4.79 Å². The van der Waals surface area contributed by atoms with Crippen molar-refractivity contribution in [3.63, 3.8) is 0 Å². The quantitative estimate of drug-likeness (QED) is 0.819. The van der Waals surface area contributed by atoms with E-state index in [0.29, 0.717) is 19.6 Å². The molecule has 130 valence electrons. The summed E-state index contributed by atoms with van der Waals surface area (Å²) in [6.45, 7) is 2.63. The fraction of sp³-hybridized carbons (Fsp3) is 0.556. The number of ether oxygens (including phenoxy) is 1. The maximum Gasteiger partial charge on any atom is 0.410 e. The summed E-state index contributed by atoms with van der Waals surface area (Å²) < 4.78 is 4.99. The molecule has 6 heteroatoms. The summed E-state index contributed by atoms with van der Waals surface area (Å²) in [4.78, 5) is 27.7. The molecule has 3 rings (SSSR count). The molecule has 2 heterocycles. The van der Waals surface area contributed by atoms with Crippen LogP contribution < -0.4 is 0 Å². The highest BCUT2D eigenvalue weighted by molar-refractivity contribution is 6.30. The van der Waals surface area contributed by atoms with Gasteiger partial charge in [0.25, 0.3) is 0 Å². The number of halogens is 1. The Morgan fingerprint density at radius 1 is 1.17 bits per heavy atom. The van der Waals surface area contributed by atoms with E-state index in [9.17, 15) is 9.59 Å². The Morgan fingerprint density at radius 2 is 1.88 bits per heavy atom. The number of hydrogen-bond acceptors (Lipinski definition) is 3. The van der Waals surface area contributed by atoms with Gasteiger partial charge < -0.3 is 14.5 Å². The second-order valence-corrected chi connectivity index (χ2v) is 6.84. The third-order valence-corrected chi connectivity index (χ3v) is 5.07. The van der Waals surface area contributed by atoms with Crippen LogP contribution in [0.1, 0.15) is 31.2 Å². The number of amides is 2. The van der Waals surface area contributed by atoms with Crippen LogP contribution in [0.5, 0.6) is 0 Å². The number of rotatable bonds is 5. The van der Waals surface area contributed by atoms with Crippen LogP contribution in [0, 0.1) is 0 Å². The summed E-state index contributed by atoms with van der Waals surface area (Å²) in [5.41, 5.74) is 1.21.